The lowest BCUT2D eigenvalue weighted by Gasteiger charge is -2.23. The van der Waals surface area contributed by atoms with Gasteiger partial charge in [0.2, 0.25) is 0 Å². The van der Waals surface area contributed by atoms with Crippen LogP contribution in [-0.4, -0.2) is 51.8 Å². The van der Waals surface area contributed by atoms with Gasteiger partial charge in [-0.3, -0.25) is 14.5 Å². The summed E-state index contributed by atoms with van der Waals surface area (Å²) in [6, 6.07) is -0.250. The van der Waals surface area contributed by atoms with E-state index in [-0.39, 0.29) is 29.6 Å². The molecule has 3 atom stereocenters. The molecule has 1 fully saturated rings. The van der Waals surface area contributed by atoms with E-state index >= 15 is 0 Å². The molecule has 5 nitrogen and oxygen atoms in total. The molecule has 0 aromatic carbocycles. The van der Waals surface area contributed by atoms with Gasteiger partial charge in [-0.2, -0.15) is 0 Å². The predicted molar refractivity (Wildman–Crippen MR) is 85.4 cm³/mol. The average molecular weight is 306 g/mol. The first-order valence-electron chi connectivity index (χ1n) is 7.90. The Labute approximate surface area is 131 Å². The first kappa shape index (κ1) is 16.9. The second-order valence-corrected chi connectivity index (χ2v) is 6.51. The average Bonchev–Trinajstić information content (AvgIpc) is 3.02. The summed E-state index contributed by atoms with van der Waals surface area (Å²) in [7, 11) is 0. The number of aryl methyl sites for hydroxylation is 1. The maximum Gasteiger partial charge on any atom is 0.196 e. The molecule has 1 aliphatic rings. The van der Waals surface area contributed by atoms with Crippen LogP contribution < -0.4 is 0 Å². The quantitative estimate of drug-likeness (QED) is 0.817. The van der Waals surface area contributed by atoms with E-state index in [9.17, 15) is 14.7 Å². The fourth-order valence-corrected chi connectivity index (χ4v) is 3.46. The van der Waals surface area contributed by atoms with Gasteiger partial charge in [0.1, 0.15) is 0 Å². The number of nitrogens with one attached hydrogen (secondary N) is 1. The van der Waals surface area contributed by atoms with Crippen LogP contribution in [-0.2, 0) is 0 Å². The minimum Gasteiger partial charge on any atom is -0.393 e. The summed E-state index contributed by atoms with van der Waals surface area (Å²) in [5.74, 6) is 0.224. The zero-order valence-corrected chi connectivity index (χ0v) is 14.1. The van der Waals surface area contributed by atoms with Crippen molar-refractivity contribution in [1.82, 2.24) is 9.88 Å². The van der Waals surface area contributed by atoms with Crippen LogP contribution in [0.4, 0.5) is 0 Å². The number of rotatable bonds is 5. The number of likely N-dealkylation sites (tertiary alicyclic amines) is 1. The highest BCUT2D eigenvalue weighted by Gasteiger charge is 2.33. The van der Waals surface area contributed by atoms with Gasteiger partial charge >= 0.3 is 0 Å². The number of hydrogen-bond acceptors (Lipinski definition) is 4. The number of nitrogens with zero attached hydrogens (tertiary/aromatic N) is 1. The van der Waals surface area contributed by atoms with Gasteiger partial charge in [0.15, 0.2) is 11.6 Å². The number of Topliss-reactive ketones (excluding diaryl/α,β-unsaturated/α-hetero) is 2. The van der Waals surface area contributed by atoms with Crippen LogP contribution in [0.3, 0.4) is 0 Å². The highest BCUT2D eigenvalue weighted by atomic mass is 16.3. The number of aromatic nitrogens is 1. The van der Waals surface area contributed by atoms with Gasteiger partial charge in [0.25, 0.3) is 0 Å². The largest absolute Gasteiger partial charge is 0.393 e. The minimum atomic E-state index is -0.342. The second kappa shape index (κ2) is 6.34. The standard InChI is InChI=1S/C17H26N2O3/c1-9-15(13(5)21)10(2)18-16(9)17(22)11(3)19-7-6-14(8-19)12(4)20/h11-12,14,18,20H,6-8H2,1-5H3. The van der Waals surface area contributed by atoms with Crippen molar-refractivity contribution in [3.8, 4) is 0 Å². The molecule has 0 spiro atoms. The van der Waals surface area contributed by atoms with Crippen molar-refractivity contribution in [2.75, 3.05) is 13.1 Å². The van der Waals surface area contributed by atoms with Crippen molar-refractivity contribution in [1.29, 1.82) is 0 Å². The summed E-state index contributed by atoms with van der Waals surface area (Å²) < 4.78 is 0. The molecule has 0 amide bonds. The summed E-state index contributed by atoms with van der Waals surface area (Å²) in [6.07, 6.45) is 0.572. The van der Waals surface area contributed by atoms with E-state index in [4.69, 9.17) is 0 Å². The Balaban J connectivity index is 2.19. The molecule has 122 valence electrons. The molecule has 2 N–H and O–H groups in total. The number of hydrogen-bond donors (Lipinski definition) is 2. The first-order chi connectivity index (χ1) is 10.2. The maximum atomic E-state index is 12.8. The summed E-state index contributed by atoms with van der Waals surface area (Å²) in [6.45, 7) is 10.4. The number of aliphatic hydroxyl groups is 1. The van der Waals surface area contributed by atoms with E-state index in [0.717, 1.165) is 30.8 Å². The van der Waals surface area contributed by atoms with E-state index in [2.05, 4.69) is 9.88 Å². The Kier molecular flexibility index (Phi) is 4.87. The van der Waals surface area contributed by atoms with Crippen molar-refractivity contribution in [2.24, 2.45) is 5.92 Å². The Hall–Kier alpha value is -1.46. The lowest BCUT2D eigenvalue weighted by molar-refractivity contribution is 0.0831. The van der Waals surface area contributed by atoms with Crippen LogP contribution in [0, 0.1) is 19.8 Å². The van der Waals surface area contributed by atoms with Crippen LogP contribution in [0.15, 0.2) is 0 Å². The van der Waals surface area contributed by atoms with E-state index in [1.807, 2.05) is 20.8 Å². The molecule has 2 rings (SSSR count). The smallest absolute Gasteiger partial charge is 0.196 e. The monoisotopic (exact) mass is 306 g/mol. The molecule has 0 aliphatic carbocycles. The molecule has 22 heavy (non-hydrogen) atoms. The SMILES string of the molecule is CC(=O)c1c(C)[nH]c(C(=O)C(C)N2CCC(C(C)O)C2)c1C. The lowest BCUT2D eigenvalue weighted by atomic mass is 10.0. The highest BCUT2D eigenvalue weighted by molar-refractivity contribution is 6.05. The van der Waals surface area contributed by atoms with Crippen LogP contribution in [0.1, 0.15) is 59.3 Å². The topological polar surface area (TPSA) is 73.4 Å². The van der Waals surface area contributed by atoms with Crippen molar-refractivity contribution >= 4 is 11.6 Å². The molecule has 1 aromatic heterocycles. The number of carbonyl (C=O) groups excluding carboxylic acids is 2. The third kappa shape index (κ3) is 3.01. The Bertz CT molecular complexity index is 589. The fraction of sp³-hybridized carbons (Fsp3) is 0.647. The normalized spacial score (nSPS) is 21.8. The molecular formula is C17H26N2O3. The Morgan fingerprint density at radius 2 is 1.95 bits per heavy atom. The molecule has 0 saturated carbocycles. The lowest BCUT2D eigenvalue weighted by Crippen LogP contribution is -2.38. The summed E-state index contributed by atoms with van der Waals surface area (Å²) >= 11 is 0. The van der Waals surface area contributed by atoms with Gasteiger partial charge in [-0.1, -0.05) is 0 Å². The minimum absolute atomic E-state index is 0.0133. The van der Waals surface area contributed by atoms with Crippen LogP contribution >= 0.6 is 0 Å². The summed E-state index contributed by atoms with van der Waals surface area (Å²) in [4.78, 5) is 29.7. The molecule has 2 heterocycles. The predicted octanol–water partition coefficient (Wildman–Crippen LogP) is 2.11. The van der Waals surface area contributed by atoms with E-state index in [0.29, 0.717) is 11.3 Å². The molecule has 0 radical (unpaired) electrons. The van der Waals surface area contributed by atoms with Gasteiger partial charge in [0, 0.05) is 17.8 Å². The third-order valence-electron chi connectivity index (χ3n) is 4.90. The Morgan fingerprint density at radius 1 is 1.32 bits per heavy atom. The molecule has 1 saturated heterocycles. The van der Waals surface area contributed by atoms with Crippen molar-refractivity contribution in [3.05, 3.63) is 22.5 Å². The van der Waals surface area contributed by atoms with Crippen molar-refractivity contribution in [3.63, 3.8) is 0 Å². The maximum absolute atomic E-state index is 12.8. The highest BCUT2D eigenvalue weighted by Crippen LogP contribution is 2.25. The first-order valence-corrected chi connectivity index (χ1v) is 7.90. The molecule has 0 bridgehead atoms. The Morgan fingerprint density at radius 3 is 2.41 bits per heavy atom. The fourth-order valence-electron chi connectivity index (χ4n) is 3.46. The number of aromatic amines is 1. The zero-order chi connectivity index (χ0) is 16.6. The summed E-state index contributed by atoms with van der Waals surface area (Å²) in [5, 5.41) is 9.70. The molecule has 1 aliphatic heterocycles. The number of ketones is 2. The summed E-state index contributed by atoms with van der Waals surface area (Å²) in [5.41, 5.74) is 2.66. The number of aliphatic hydroxyl groups excluding tert-OH is 1. The number of H-pyrrole nitrogens is 1. The van der Waals surface area contributed by atoms with Gasteiger partial charge in [0.05, 0.1) is 17.8 Å². The second-order valence-electron chi connectivity index (χ2n) is 6.51. The van der Waals surface area contributed by atoms with E-state index < -0.39 is 0 Å². The van der Waals surface area contributed by atoms with E-state index in [1.165, 1.54) is 6.92 Å². The van der Waals surface area contributed by atoms with Gasteiger partial charge in [-0.25, -0.2) is 0 Å². The molecular weight excluding hydrogens is 280 g/mol. The van der Waals surface area contributed by atoms with Crippen molar-refractivity contribution in [2.45, 2.75) is 53.2 Å². The molecule has 5 heteroatoms. The van der Waals surface area contributed by atoms with E-state index in [1.54, 1.807) is 6.92 Å². The molecule has 1 aromatic rings. The zero-order valence-electron chi connectivity index (χ0n) is 14.1. The number of carbonyl (C=O) groups is 2. The molecule has 3 unspecified atom stereocenters. The van der Waals surface area contributed by atoms with Crippen LogP contribution in [0.2, 0.25) is 0 Å². The van der Waals surface area contributed by atoms with Gasteiger partial charge in [-0.05, 0) is 59.1 Å². The van der Waals surface area contributed by atoms with Gasteiger partial charge < -0.3 is 10.1 Å². The van der Waals surface area contributed by atoms with Crippen LogP contribution in [0.5, 0.6) is 0 Å². The van der Waals surface area contributed by atoms with Gasteiger partial charge in [-0.15, -0.1) is 0 Å². The van der Waals surface area contributed by atoms with Crippen LogP contribution in [0.25, 0.3) is 0 Å². The third-order valence-corrected chi connectivity index (χ3v) is 4.90. The van der Waals surface area contributed by atoms with Crippen molar-refractivity contribution < 1.29 is 14.7 Å².